The third-order valence-corrected chi connectivity index (χ3v) is 5.42. The van der Waals surface area contributed by atoms with Gasteiger partial charge in [-0.05, 0) is 25.0 Å². The zero-order chi connectivity index (χ0) is 20.7. The highest BCUT2D eigenvalue weighted by Gasteiger charge is 2.25. The van der Waals surface area contributed by atoms with E-state index >= 15 is 0 Å². The summed E-state index contributed by atoms with van der Waals surface area (Å²) < 4.78 is 9.37. The third-order valence-electron chi connectivity index (χ3n) is 5.42. The van der Waals surface area contributed by atoms with Crippen molar-refractivity contribution in [2.24, 2.45) is 5.92 Å². The molecule has 9 heteroatoms. The smallest absolute Gasteiger partial charge is 0.229 e. The van der Waals surface area contributed by atoms with Gasteiger partial charge in [-0.3, -0.25) is 14.7 Å². The van der Waals surface area contributed by atoms with Crippen LogP contribution in [0.15, 0.2) is 36.8 Å². The van der Waals surface area contributed by atoms with Crippen LogP contribution < -0.4 is 5.32 Å². The summed E-state index contributed by atoms with van der Waals surface area (Å²) in [6.45, 7) is 5.07. The molecule has 5 rings (SSSR count). The van der Waals surface area contributed by atoms with Gasteiger partial charge in [0.1, 0.15) is 5.52 Å². The van der Waals surface area contributed by atoms with Gasteiger partial charge in [0.25, 0.3) is 0 Å². The molecule has 9 nitrogen and oxygen atoms in total. The summed E-state index contributed by atoms with van der Waals surface area (Å²) in [5.41, 5.74) is 3.15. The number of hydrogen-bond acceptors (Lipinski definition) is 6. The van der Waals surface area contributed by atoms with Gasteiger partial charge in [-0.1, -0.05) is 19.9 Å². The Balaban J connectivity index is 1.65. The number of carbonyl (C=O) groups excluding carboxylic acids is 1. The second-order valence-corrected chi connectivity index (χ2v) is 7.78. The molecule has 5 heterocycles. The van der Waals surface area contributed by atoms with Crippen molar-refractivity contribution in [2.75, 3.05) is 18.5 Å². The second-order valence-electron chi connectivity index (χ2n) is 7.78. The molecule has 1 N–H and O–H groups in total. The van der Waals surface area contributed by atoms with Crippen molar-refractivity contribution in [1.29, 1.82) is 0 Å². The van der Waals surface area contributed by atoms with E-state index in [1.165, 1.54) is 0 Å². The van der Waals surface area contributed by atoms with Crippen molar-refractivity contribution in [3.05, 3.63) is 36.8 Å². The molecule has 0 spiro atoms. The number of rotatable bonds is 4. The minimum absolute atomic E-state index is 0.0746. The van der Waals surface area contributed by atoms with E-state index in [4.69, 9.17) is 9.72 Å². The lowest BCUT2D eigenvalue weighted by Gasteiger charge is -2.25. The molecule has 1 amide bonds. The van der Waals surface area contributed by atoms with Gasteiger partial charge in [-0.15, -0.1) is 0 Å². The van der Waals surface area contributed by atoms with E-state index in [9.17, 15) is 4.79 Å². The van der Waals surface area contributed by atoms with Crippen LogP contribution in [0.3, 0.4) is 0 Å². The molecule has 0 unspecified atom stereocenters. The predicted molar refractivity (Wildman–Crippen MR) is 112 cm³/mol. The molecule has 0 radical (unpaired) electrons. The van der Waals surface area contributed by atoms with Crippen LogP contribution in [0.1, 0.15) is 32.7 Å². The van der Waals surface area contributed by atoms with Gasteiger partial charge in [0.2, 0.25) is 11.9 Å². The number of nitrogens with zero attached hydrogens (tertiary/aromatic N) is 6. The van der Waals surface area contributed by atoms with Gasteiger partial charge < -0.3 is 4.74 Å². The molecule has 1 saturated heterocycles. The van der Waals surface area contributed by atoms with E-state index in [-0.39, 0.29) is 17.9 Å². The SMILES string of the molecule is CC(C)C(=O)Nc1nc2cnc(-c3cnn4ccccc34)nc2n1C1CCOCC1. The van der Waals surface area contributed by atoms with Gasteiger partial charge >= 0.3 is 0 Å². The Morgan fingerprint density at radius 1 is 1.20 bits per heavy atom. The van der Waals surface area contributed by atoms with Crippen LogP contribution in [0.2, 0.25) is 0 Å². The average molecular weight is 405 g/mol. The molecular weight excluding hydrogens is 382 g/mol. The van der Waals surface area contributed by atoms with Gasteiger partial charge in [-0.2, -0.15) is 5.10 Å². The molecule has 1 aliphatic heterocycles. The van der Waals surface area contributed by atoms with Crippen LogP contribution >= 0.6 is 0 Å². The molecule has 0 saturated carbocycles. The Morgan fingerprint density at radius 3 is 2.83 bits per heavy atom. The van der Waals surface area contributed by atoms with Crippen molar-refractivity contribution < 1.29 is 9.53 Å². The highest BCUT2D eigenvalue weighted by Crippen LogP contribution is 2.31. The fourth-order valence-electron chi connectivity index (χ4n) is 3.76. The maximum absolute atomic E-state index is 12.4. The first-order valence-electron chi connectivity index (χ1n) is 10.2. The summed E-state index contributed by atoms with van der Waals surface area (Å²) in [6.07, 6.45) is 7.05. The lowest BCUT2D eigenvalue weighted by Crippen LogP contribution is -2.25. The molecule has 1 fully saturated rings. The lowest BCUT2D eigenvalue weighted by molar-refractivity contribution is -0.119. The Hall–Kier alpha value is -3.33. The Labute approximate surface area is 173 Å². The maximum atomic E-state index is 12.4. The summed E-state index contributed by atoms with van der Waals surface area (Å²) in [5.74, 6) is 0.878. The van der Waals surface area contributed by atoms with Gasteiger partial charge in [0, 0.05) is 31.4 Å². The van der Waals surface area contributed by atoms with Crippen molar-refractivity contribution >= 4 is 28.5 Å². The zero-order valence-electron chi connectivity index (χ0n) is 16.9. The van der Waals surface area contributed by atoms with Crippen LogP contribution in [-0.2, 0) is 9.53 Å². The topological polar surface area (TPSA) is 99.2 Å². The molecule has 0 bridgehead atoms. The first-order valence-corrected chi connectivity index (χ1v) is 10.2. The Kier molecular flexibility index (Phi) is 4.66. The van der Waals surface area contributed by atoms with Crippen LogP contribution in [0.25, 0.3) is 28.1 Å². The summed E-state index contributed by atoms with van der Waals surface area (Å²) >= 11 is 0. The van der Waals surface area contributed by atoms with Gasteiger partial charge in [0.15, 0.2) is 11.5 Å². The second kappa shape index (κ2) is 7.49. The normalized spacial score (nSPS) is 15.3. The van der Waals surface area contributed by atoms with Crippen LogP contribution in [0.5, 0.6) is 0 Å². The molecule has 4 aromatic rings. The fraction of sp³-hybridized carbons (Fsp3) is 0.381. The standard InChI is InChI=1S/C21H23N7O2/c1-13(2)20(29)26-21-24-16-12-22-18(15-11-23-27-8-4-3-5-17(15)27)25-19(16)28(21)14-6-9-30-10-7-14/h3-5,8,11-14H,6-7,9-10H2,1-2H3,(H,24,26,29). The van der Waals surface area contributed by atoms with Gasteiger partial charge in [0.05, 0.1) is 23.5 Å². The van der Waals surface area contributed by atoms with E-state index in [0.717, 1.165) is 23.9 Å². The lowest BCUT2D eigenvalue weighted by atomic mass is 10.1. The number of anilines is 1. The fourth-order valence-corrected chi connectivity index (χ4v) is 3.76. The van der Waals surface area contributed by atoms with Crippen molar-refractivity contribution in [1.82, 2.24) is 29.1 Å². The van der Waals surface area contributed by atoms with Gasteiger partial charge in [-0.25, -0.2) is 19.5 Å². The first kappa shape index (κ1) is 18.7. The van der Waals surface area contributed by atoms with E-state index in [1.54, 1.807) is 16.9 Å². The Bertz CT molecular complexity index is 1220. The minimum Gasteiger partial charge on any atom is -0.381 e. The molecular formula is C21H23N7O2. The summed E-state index contributed by atoms with van der Waals surface area (Å²) in [4.78, 5) is 26.4. The largest absolute Gasteiger partial charge is 0.381 e. The van der Waals surface area contributed by atoms with E-state index in [2.05, 4.69) is 20.4 Å². The third kappa shape index (κ3) is 3.21. The quantitative estimate of drug-likeness (QED) is 0.560. The molecule has 0 atom stereocenters. The van der Waals surface area contributed by atoms with E-state index in [1.807, 2.05) is 42.8 Å². The van der Waals surface area contributed by atoms with E-state index in [0.29, 0.717) is 36.2 Å². The number of fused-ring (bicyclic) bond motifs is 2. The summed E-state index contributed by atoms with van der Waals surface area (Å²) in [6, 6.07) is 6.03. The maximum Gasteiger partial charge on any atom is 0.229 e. The van der Waals surface area contributed by atoms with Crippen LogP contribution in [-0.4, -0.2) is 48.3 Å². The van der Waals surface area contributed by atoms with E-state index < -0.39 is 0 Å². The molecule has 4 aromatic heterocycles. The monoisotopic (exact) mass is 405 g/mol. The zero-order valence-corrected chi connectivity index (χ0v) is 16.9. The highest BCUT2D eigenvalue weighted by atomic mass is 16.5. The number of imidazole rings is 1. The molecule has 0 aliphatic carbocycles. The number of amides is 1. The molecule has 1 aliphatic rings. The number of nitrogens with one attached hydrogen (secondary N) is 1. The molecule has 30 heavy (non-hydrogen) atoms. The van der Waals surface area contributed by atoms with Crippen molar-refractivity contribution in [3.63, 3.8) is 0 Å². The van der Waals surface area contributed by atoms with Crippen LogP contribution in [0, 0.1) is 5.92 Å². The number of ether oxygens (including phenoxy) is 1. The number of pyridine rings is 1. The Morgan fingerprint density at radius 2 is 2.03 bits per heavy atom. The summed E-state index contributed by atoms with van der Waals surface area (Å²) in [7, 11) is 0. The highest BCUT2D eigenvalue weighted by molar-refractivity contribution is 5.92. The molecule has 0 aromatic carbocycles. The average Bonchev–Trinajstić information content (AvgIpc) is 3.35. The predicted octanol–water partition coefficient (Wildman–Crippen LogP) is 3.09. The molecule has 154 valence electrons. The number of aromatic nitrogens is 6. The summed E-state index contributed by atoms with van der Waals surface area (Å²) in [5, 5.41) is 7.36. The van der Waals surface area contributed by atoms with Crippen molar-refractivity contribution in [2.45, 2.75) is 32.7 Å². The van der Waals surface area contributed by atoms with Crippen molar-refractivity contribution in [3.8, 4) is 11.4 Å². The van der Waals surface area contributed by atoms with Crippen LogP contribution in [0.4, 0.5) is 5.95 Å². The number of carbonyl (C=O) groups is 1. The first-order chi connectivity index (χ1) is 14.6. The number of hydrogen-bond donors (Lipinski definition) is 1. The minimum atomic E-state index is -0.145.